The smallest absolute Gasteiger partial charge is 0.188 e. The number of guanidine groups is 1. The fourth-order valence-corrected chi connectivity index (χ4v) is 2.60. The van der Waals surface area contributed by atoms with Gasteiger partial charge in [-0.2, -0.15) is 0 Å². The van der Waals surface area contributed by atoms with E-state index < -0.39 is 0 Å². The largest absolute Gasteiger partial charge is 0.393 e. The summed E-state index contributed by atoms with van der Waals surface area (Å²) in [6.45, 7) is 4.72. The summed E-state index contributed by atoms with van der Waals surface area (Å²) in [6, 6.07) is 8.48. The summed E-state index contributed by atoms with van der Waals surface area (Å²) in [5, 5.41) is 12.5. The number of nitrogens with zero attached hydrogens (tertiary/aromatic N) is 2. The molecule has 1 saturated heterocycles. The van der Waals surface area contributed by atoms with E-state index in [2.05, 4.69) is 39.5 Å². The summed E-state index contributed by atoms with van der Waals surface area (Å²) in [4.78, 5) is 6.70. The van der Waals surface area contributed by atoms with E-state index in [0.29, 0.717) is 25.7 Å². The van der Waals surface area contributed by atoms with Crippen molar-refractivity contribution in [2.24, 2.45) is 10.7 Å². The standard InChI is InChI=1S/C17H28N4O2.HI/c1-23-11-8-19-17(18)20-12-14-2-4-15(5-3-14)13-21-9-6-16(22)7-10-21;/h2-5,16,22H,6-13H2,1H3,(H3,18,19,20);1H. The first-order valence-corrected chi connectivity index (χ1v) is 8.18. The topological polar surface area (TPSA) is 83.1 Å². The van der Waals surface area contributed by atoms with E-state index in [4.69, 9.17) is 10.5 Å². The number of rotatable bonds is 7. The first kappa shape index (κ1) is 21.1. The van der Waals surface area contributed by atoms with Crippen LogP contribution in [0.15, 0.2) is 29.3 Å². The van der Waals surface area contributed by atoms with Gasteiger partial charge in [-0.1, -0.05) is 24.3 Å². The van der Waals surface area contributed by atoms with Gasteiger partial charge in [-0.05, 0) is 24.0 Å². The Morgan fingerprint density at radius 1 is 1.29 bits per heavy atom. The van der Waals surface area contributed by atoms with Gasteiger partial charge in [0.2, 0.25) is 0 Å². The molecule has 1 aliphatic rings. The molecule has 136 valence electrons. The molecule has 0 atom stereocenters. The number of nitrogens with one attached hydrogen (secondary N) is 1. The minimum atomic E-state index is -0.116. The van der Waals surface area contributed by atoms with Gasteiger partial charge in [-0.3, -0.25) is 4.90 Å². The monoisotopic (exact) mass is 448 g/mol. The van der Waals surface area contributed by atoms with Crippen LogP contribution in [0, 0.1) is 0 Å². The lowest BCUT2D eigenvalue weighted by Gasteiger charge is -2.29. The van der Waals surface area contributed by atoms with Crippen LogP contribution in [-0.4, -0.2) is 55.4 Å². The lowest BCUT2D eigenvalue weighted by atomic mass is 10.1. The number of nitrogens with two attached hydrogens (primary N) is 1. The third-order valence-corrected chi connectivity index (χ3v) is 4.03. The Morgan fingerprint density at radius 3 is 2.54 bits per heavy atom. The summed E-state index contributed by atoms with van der Waals surface area (Å²) in [7, 11) is 1.66. The molecule has 0 spiro atoms. The number of aliphatic hydroxyl groups is 1. The molecule has 1 aromatic carbocycles. The Bertz CT molecular complexity index is 488. The van der Waals surface area contributed by atoms with Crippen LogP contribution in [0.3, 0.4) is 0 Å². The lowest BCUT2D eigenvalue weighted by molar-refractivity contribution is 0.0792. The van der Waals surface area contributed by atoms with Crippen LogP contribution >= 0.6 is 24.0 Å². The number of aliphatic imine (C=N–C) groups is 1. The summed E-state index contributed by atoms with van der Waals surface area (Å²) < 4.78 is 4.95. The molecule has 6 nitrogen and oxygen atoms in total. The number of ether oxygens (including phenoxy) is 1. The second-order valence-corrected chi connectivity index (χ2v) is 5.94. The van der Waals surface area contributed by atoms with Crippen molar-refractivity contribution in [2.75, 3.05) is 33.4 Å². The van der Waals surface area contributed by atoms with Gasteiger partial charge in [0.25, 0.3) is 0 Å². The fourth-order valence-electron chi connectivity index (χ4n) is 2.60. The highest BCUT2D eigenvalue weighted by Gasteiger charge is 2.16. The quantitative estimate of drug-likeness (QED) is 0.254. The molecule has 1 aliphatic heterocycles. The van der Waals surface area contributed by atoms with Crippen molar-refractivity contribution in [1.82, 2.24) is 10.2 Å². The molecule has 0 bridgehead atoms. The first-order valence-electron chi connectivity index (χ1n) is 8.18. The van der Waals surface area contributed by atoms with Crippen LogP contribution in [0.1, 0.15) is 24.0 Å². The number of benzene rings is 1. The van der Waals surface area contributed by atoms with Crippen LogP contribution in [0.25, 0.3) is 0 Å². The maximum atomic E-state index is 9.54. The van der Waals surface area contributed by atoms with E-state index in [9.17, 15) is 5.11 Å². The average molecular weight is 448 g/mol. The van der Waals surface area contributed by atoms with Crippen molar-refractivity contribution in [1.29, 1.82) is 0 Å². The minimum absolute atomic E-state index is 0. The maximum absolute atomic E-state index is 9.54. The molecule has 0 radical (unpaired) electrons. The lowest BCUT2D eigenvalue weighted by Crippen LogP contribution is -2.35. The van der Waals surface area contributed by atoms with Crippen molar-refractivity contribution >= 4 is 29.9 Å². The van der Waals surface area contributed by atoms with Crippen molar-refractivity contribution in [3.05, 3.63) is 35.4 Å². The third kappa shape index (κ3) is 7.78. The summed E-state index contributed by atoms with van der Waals surface area (Å²) >= 11 is 0. The molecule has 0 aliphatic carbocycles. The van der Waals surface area contributed by atoms with Crippen molar-refractivity contribution in [3.63, 3.8) is 0 Å². The van der Waals surface area contributed by atoms with E-state index in [1.807, 2.05) is 0 Å². The highest BCUT2D eigenvalue weighted by Crippen LogP contribution is 2.14. The molecule has 4 N–H and O–H groups in total. The van der Waals surface area contributed by atoms with E-state index in [-0.39, 0.29) is 30.1 Å². The van der Waals surface area contributed by atoms with Gasteiger partial charge >= 0.3 is 0 Å². The zero-order chi connectivity index (χ0) is 16.5. The van der Waals surface area contributed by atoms with Crippen molar-refractivity contribution < 1.29 is 9.84 Å². The zero-order valence-electron chi connectivity index (χ0n) is 14.3. The van der Waals surface area contributed by atoms with Crippen LogP contribution < -0.4 is 11.1 Å². The number of piperidine rings is 1. The van der Waals surface area contributed by atoms with Crippen LogP contribution in [0.2, 0.25) is 0 Å². The highest BCUT2D eigenvalue weighted by atomic mass is 127. The van der Waals surface area contributed by atoms with Gasteiger partial charge in [-0.25, -0.2) is 4.99 Å². The van der Waals surface area contributed by atoms with Gasteiger partial charge in [-0.15, -0.1) is 24.0 Å². The Balaban J connectivity index is 0.00000288. The van der Waals surface area contributed by atoms with E-state index in [1.165, 1.54) is 5.56 Å². The van der Waals surface area contributed by atoms with Crippen LogP contribution in [0.4, 0.5) is 0 Å². The first-order chi connectivity index (χ1) is 11.2. The number of hydrogen-bond donors (Lipinski definition) is 3. The number of aliphatic hydroxyl groups excluding tert-OH is 1. The third-order valence-electron chi connectivity index (χ3n) is 4.03. The molecule has 0 saturated carbocycles. The second-order valence-electron chi connectivity index (χ2n) is 5.94. The molecule has 1 aromatic rings. The molecule has 0 unspecified atom stereocenters. The molecular weight excluding hydrogens is 419 g/mol. The predicted octanol–water partition coefficient (Wildman–Crippen LogP) is 1.31. The normalized spacial score (nSPS) is 16.7. The SMILES string of the molecule is COCCNC(N)=NCc1ccc(CN2CCC(O)CC2)cc1.I. The average Bonchev–Trinajstić information content (AvgIpc) is 2.57. The molecular formula is C17H29IN4O2. The summed E-state index contributed by atoms with van der Waals surface area (Å²) in [5.41, 5.74) is 8.21. The molecule has 2 rings (SSSR count). The molecule has 0 amide bonds. The zero-order valence-corrected chi connectivity index (χ0v) is 16.6. The molecule has 7 heteroatoms. The van der Waals surface area contributed by atoms with Gasteiger partial charge < -0.3 is 20.9 Å². The number of halogens is 1. The summed E-state index contributed by atoms with van der Waals surface area (Å²) in [5.74, 6) is 0.443. The number of hydrogen-bond acceptors (Lipinski definition) is 4. The number of likely N-dealkylation sites (tertiary alicyclic amines) is 1. The van der Waals surface area contributed by atoms with E-state index in [0.717, 1.165) is 38.0 Å². The highest BCUT2D eigenvalue weighted by molar-refractivity contribution is 14.0. The maximum Gasteiger partial charge on any atom is 0.188 e. The minimum Gasteiger partial charge on any atom is -0.393 e. The molecule has 1 fully saturated rings. The second kappa shape index (κ2) is 11.6. The van der Waals surface area contributed by atoms with Crippen molar-refractivity contribution in [3.8, 4) is 0 Å². The van der Waals surface area contributed by atoms with E-state index >= 15 is 0 Å². The van der Waals surface area contributed by atoms with Gasteiger partial charge in [0.1, 0.15) is 0 Å². The molecule has 24 heavy (non-hydrogen) atoms. The number of methoxy groups -OCH3 is 1. The van der Waals surface area contributed by atoms with Crippen LogP contribution in [-0.2, 0) is 17.8 Å². The predicted molar refractivity (Wildman–Crippen MR) is 108 cm³/mol. The fraction of sp³-hybridized carbons (Fsp3) is 0.588. The Labute approximate surface area is 161 Å². The van der Waals surface area contributed by atoms with Gasteiger partial charge in [0, 0.05) is 33.3 Å². The summed E-state index contributed by atoms with van der Waals surface area (Å²) in [6.07, 6.45) is 1.64. The molecule has 1 heterocycles. The van der Waals surface area contributed by atoms with E-state index in [1.54, 1.807) is 7.11 Å². The Kier molecular flexibility index (Phi) is 10.2. The molecule has 0 aromatic heterocycles. The van der Waals surface area contributed by atoms with Gasteiger partial charge in [0.15, 0.2) is 5.96 Å². The van der Waals surface area contributed by atoms with Crippen LogP contribution in [0.5, 0.6) is 0 Å². The Morgan fingerprint density at radius 2 is 1.92 bits per heavy atom. The Hall–Kier alpha value is -0.900. The van der Waals surface area contributed by atoms with Gasteiger partial charge in [0.05, 0.1) is 19.3 Å². The van der Waals surface area contributed by atoms with Crippen molar-refractivity contribution in [2.45, 2.75) is 32.0 Å².